The number of aryl methyl sites for hydroxylation is 2. The minimum absolute atomic E-state index is 0.292. The fourth-order valence-electron chi connectivity index (χ4n) is 4.51. The number of allylic oxidation sites excluding steroid dienone is 1. The van der Waals surface area contributed by atoms with Gasteiger partial charge in [0.25, 0.3) is 0 Å². The lowest BCUT2D eigenvalue weighted by Gasteiger charge is -2.14. The molecule has 11 nitrogen and oxygen atoms in total. The van der Waals surface area contributed by atoms with Crippen molar-refractivity contribution in [2.24, 2.45) is 7.05 Å². The van der Waals surface area contributed by atoms with Crippen LogP contribution >= 0.6 is 0 Å². The molecule has 0 bridgehead atoms. The van der Waals surface area contributed by atoms with Crippen LogP contribution in [0.1, 0.15) is 18.2 Å². The topological polar surface area (TPSA) is 132 Å². The van der Waals surface area contributed by atoms with Crippen LogP contribution in [0.2, 0.25) is 0 Å². The monoisotopic (exact) mass is 546 g/mol. The van der Waals surface area contributed by atoms with E-state index in [4.69, 9.17) is 4.74 Å². The molecule has 2 amide bonds. The molecule has 6 rings (SSSR count). The molecular weight excluding hydrogens is 520 g/mol. The zero-order chi connectivity index (χ0) is 28.7. The summed E-state index contributed by atoms with van der Waals surface area (Å²) in [6.07, 6.45) is 3.20. The Morgan fingerprint density at radius 1 is 1.00 bits per heavy atom. The third-order valence-electron chi connectivity index (χ3n) is 6.62. The van der Waals surface area contributed by atoms with Gasteiger partial charge in [0.05, 0.1) is 22.6 Å². The minimum Gasteiger partial charge on any atom is -0.454 e. The number of urea groups is 1. The molecule has 204 valence electrons. The van der Waals surface area contributed by atoms with E-state index in [0.717, 1.165) is 16.8 Å². The predicted octanol–water partition coefficient (Wildman–Crippen LogP) is 5.77. The van der Waals surface area contributed by atoms with E-state index in [-0.39, 0.29) is 5.69 Å². The average molecular weight is 547 g/mol. The normalized spacial score (nSPS) is 11.1. The molecule has 0 spiro atoms. The number of carbonyl (C=O) groups excluding carboxylic acids is 1. The molecule has 0 atom stereocenters. The van der Waals surface area contributed by atoms with Crippen molar-refractivity contribution in [1.82, 2.24) is 29.3 Å². The Labute approximate surface area is 234 Å². The van der Waals surface area contributed by atoms with Crippen molar-refractivity contribution in [2.45, 2.75) is 13.8 Å². The Morgan fingerprint density at radius 3 is 2.59 bits per heavy atom. The number of pyridine rings is 2. The molecule has 2 aromatic carbocycles. The first kappa shape index (κ1) is 25.6. The maximum Gasteiger partial charge on any atom is 0.327 e. The Morgan fingerprint density at radius 2 is 1.80 bits per heavy atom. The molecule has 4 heterocycles. The lowest BCUT2D eigenvalue weighted by Crippen LogP contribution is -2.21. The molecule has 0 fully saturated rings. The minimum atomic E-state index is -0.467. The van der Waals surface area contributed by atoms with Gasteiger partial charge in [-0.3, -0.25) is 19.9 Å². The maximum absolute atomic E-state index is 13.2. The Balaban J connectivity index is 1.30. The highest BCUT2D eigenvalue weighted by atomic mass is 16.5. The number of carbonyl (C=O) groups is 1. The molecule has 0 saturated heterocycles. The summed E-state index contributed by atoms with van der Waals surface area (Å²) in [4.78, 5) is 36.8. The van der Waals surface area contributed by atoms with Crippen molar-refractivity contribution < 1.29 is 9.53 Å². The lowest BCUT2D eigenvalue weighted by molar-refractivity contribution is 0.262. The molecule has 4 aromatic heterocycles. The number of hydrogen-bond donors (Lipinski definition) is 3. The summed E-state index contributed by atoms with van der Waals surface area (Å²) in [5.41, 5.74) is 5.05. The second kappa shape index (κ2) is 10.1. The average Bonchev–Trinajstić information content (AvgIpc) is 3.51. The number of aromatic amines is 1. The third kappa shape index (κ3) is 4.80. The van der Waals surface area contributed by atoms with E-state index < -0.39 is 6.03 Å². The molecule has 0 unspecified atom stereocenters. The van der Waals surface area contributed by atoms with E-state index in [2.05, 4.69) is 37.3 Å². The van der Waals surface area contributed by atoms with Gasteiger partial charge in [-0.25, -0.2) is 19.3 Å². The van der Waals surface area contributed by atoms with E-state index >= 15 is 0 Å². The van der Waals surface area contributed by atoms with E-state index in [1.165, 1.54) is 4.57 Å². The van der Waals surface area contributed by atoms with Gasteiger partial charge in [-0.1, -0.05) is 24.3 Å². The second-order valence-electron chi connectivity index (χ2n) is 9.63. The highest BCUT2D eigenvalue weighted by molar-refractivity contribution is 6.06. The number of rotatable bonds is 6. The number of anilines is 2. The number of ether oxygens (including phenoxy) is 1. The van der Waals surface area contributed by atoms with Crippen LogP contribution in [0.15, 0.2) is 84.4 Å². The first-order chi connectivity index (χ1) is 19.8. The molecule has 0 aliphatic carbocycles. The fourth-order valence-corrected chi connectivity index (χ4v) is 4.51. The van der Waals surface area contributed by atoms with Gasteiger partial charge in [0.1, 0.15) is 17.1 Å². The zero-order valence-electron chi connectivity index (χ0n) is 22.6. The van der Waals surface area contributed by atoms with Gasteiger partial charge in [-0.05, 0) is 55.8 Å². The van der Waals surface area contributed by atoms with Crippen LogP contribution in [0.3, 0.4) is 0 Å². The SMILES string of the molecule is C=C(C)c1cc(NC(=O)Nc2ccc(Oc3ccnc4[nH]c(=O)n(C)c34)c3cccnc23)n(-c2ccc(C)cc2)n1. The largest absolute Gasteiger partial charge is 0.454 e. The van der Waals surface area contributed by atoms with Crippen LogP contribution in [-0.4, -0.2) is 35.3 Å². The number of nitrogens with one attached hydrogen (secondary N) is 3. The number of benzene rings is 2. The molecule has 0 aliphatic heterocycles. The van der Waals surface area contributed by atoms with Crippen molar-refractivity contribution in [3.8, 4) is 17.2 Å². The standard InChI is InChI=1S/C30H26N8O3/c1-17(2)22-16-25(38(36-22)19-9-7-18(3)8-10-19)34-29(39)33-21-11-12-23(20-6-5-14-31-26(20)21)41-24-13-15-32-28-27(24)37(4)30(40)35-28/h5-16H,1H2,2-4H3,(H,32,35,40)(H2,33,34,39). The summed E-state index contributed by atoms with van der Waals surface area (Å²) in [5.74, 6) is 1.45. The summed E-state index contributed by atoms with van der Waals surface area (Å²) < 4.78 is 9.36. The maximum atomic E-state index is 13.2. The van der Waals surface area contributed by atoms with Crippen LogP contribution in [0.25, 0.3) is 33.3 Å². The molecule has 41 heavy (non-hydrogen) atoms. The third-order valence-corrected chi connectivity index (χ3v) is 6.62. The number of imidazole rings is 1. The van der Waals surface area contributed by atoms with Gasteiger partial charge in [-0.2, -0.15) is 5.10 Å². The number of amides is 2. The molecule has 0 saturated carbocycles. The highest BCUT2D eigenvalue weighted by Gasteiger charge is 2.17. The van der Waals surface area contributed by atoms with Gasteiger partial charge in [0.2, 0.25) is 0 Å². The summed E-state index contributed by atoms with van der Waals surface area (Å²) in [5, 5.41) is 11.1. The lowest BCUT2D eigenvalue weighted by atomic mass is 10.1. The highest BCUT2D eigenvalue weighted by Crippen LogP contribution is 2.35. The smallest absolute Gasteiger partial charge is 0.327 e. The fraction of sp³-hybridized carbons (Fsp3) is 0.100. The molecular formula is C30H26N8O3. The van der Waals surface area contributed by atoms with Gasteiger partial charge >= 0.3 is 11.7 Å². The Kier molecular flexibility index (Phi) is 6.31. The van der Waals surface area contributed by atoms with Crippen molar-refractivity contribution in [3.63, 3.8) is 0 Å². The quantitative estimate of drug-likeness (QED) is 0.243. The molecule has 0 radical (unpaired) electrons. The van der Waals surface area contributed by atoms with Crippen LogP contribution in [0.4, 0.5) is 16.3 Å². The molecule has 6 aromatic rings. The first-order valence-electron chi connectivity index (χ1n) is 12.8. The summed E-state index contributed by atoms with van der Waals surface area (Å²) in [7, 11) is 1.64. The first-order valence-corrected chi connectivity index (χ1v) is 12.8. The van der Waals surface area contributed by atoms with Gasteiger partial charge in [0, 0.05) is 37.0 Å². The number of H-pyrrole nitrogens is 1. The van der Waals surface area contributed by atoms with E-state index in [1.807, 2.05) is 44.2 Å². The summed E-state index contributed by atoms with van der Waals surface area (Å²) in [6.45, 7) is 7.85. The van der Waals surface area contributed by atoms with Gasteiger partial charge in [-0.15, -0.1) is 0 Å². The van der Waals surface area contributed by atoms with Gasteiger partial charge in [0.15, 0.2) is 11.4 Å². The van der Waals surface area contributed by atoms with Gasteiger partial charge < -0.3 is 10.1 Å². The van der Waals surface area contributed by atoms with E-state index in [1.54, 1.807) is 54.5 Å². The van der Waals surface area contributed by atoms with E-state index in [9.17, 15) is 9.59 Å². The summed E-state index contributed by atoms with van der Waals surface area (Å²) >= 11 is 0. The van der Waals surface area contributed by atoms with Crippen molar-refractivity contribution in [3.05, 3.63) is 101 Å². The van der Waals surface area contributed by atoms with Crippen LogP contribution < -0.4 is 21.1 Å². The summed E-state index contributed by atoms with van der Waals surface area (Å²) in [6, 6.07) is 17.9. The van der Waals surface area contributed by atoms with Crippen molar-refractivity contribution >= 4 is 45.2 Å². The van der Waals surface area contributed by atoms with Crippen LogP contribution in [-0.2, 0) is 7.05 Å². The molecule has 11 heteroatoms. The number of hydrogen-bond acceptors (Lipinski definition) is 6. The molecule has 3 N–H and O–H groups in total. The second-order valence-corrected chi connectivity index (χ2v) is 9.63. The van der Waals surface area contributed by atoms with Crippen LogP contribution in [0.5, 0.6) is 11.5 Å². The van der Waals surface area contributed by atoms with Crippen molar-refractivity contribution in [2.75, 3.05) is 10.6 Å². The van der Waals surface area contributed by atoms with E-state index in [0.29, 0.717) is 50.8 Å². The number of fused-ring (bicyclic) bond motifs is 2. The molecule has 0 aliphatic rings. The van der Waals surface area contributed by atoms with Crippen LogP contribution in [0, 0.1) is 6.92 Å². The Hall–Kier alpha value is -5.71. The zero-order valence-corrected chi connectivity index (χ0v) is 22.6. The number of aromatic nitrogens is 6. The Bertz CT molecular complexity index is 2020. The predicted molar refractivity (Wildman–Crippen MR) is 159 cm³/mol. The van der Waals surface area contributed by atoms with Crippen molar-refractivity contribution in [1.29, 1.82) is 0 Å². The number of nitrogens with zero attached hydrogens (tertiary/aromatic N) is 5.